The van der Waals surface area contributed by atoms with Crippen LogP contribution in [-0.4, -0.2) is 14.7 Å². The summed E-state index contributed by atoms with van der Waals surface area (Å²) in [5, 5.41) is 14.8. The Balaban J connectivity index is 2.64. The average molecular weight is 330 g/mol. The maximum Gasteiger partial charge on any atom is 0.294 e. The summed E-state index contributed by atoms with van der Waals surface area (Å²) in [6.45, 7) is 0. The number of rotatable bonds is 2. The first-order valence-corrected chi connectivity index (χ1v) is 5.42. The van der Waals surface area contributed by atoms with Crippen molar-refractivity contribution in [3.8, 4) is 5.69 Å². The van der Waals surface area contributed by atoms with Crippen LogP contribution in [0.1, 0.15) is 0 Å². The van der Waals surface area contributed by atoms with E-state index in [0.717, 1.165) is 3.57 Å². The Morgan fingerprint density at radius 2 is 2.12 bits per heavy atom. The highest BCUT2D eigenvalue weighted by Gasteiger charge is 2.17. The molecule has 0 amide bonds. The number of hydrogen-bond acceptors (Lipinski definition) is 4. The third kappa shape index (κ3) is 1.73. The quantitative estimate of drug-likeness (QED) is 0.518. The predicted molar refractivity (Wildman–Crippen MR) is 67.3 cm³/mol. The lowest BCUT2D eigenvalue weighted by molar-refractivity contribution is -0.384. The highest BCUT2D eigenvalue weighted by molar-refractivity contribution is 14.1. The summed E-state index contributed by atoms with van der Waals surface area (Å²) in [4.78, 5) is 10.4. The monoisotopic (exact) mass is 330 g/mol. The number of nitro benzene ring substituents is 1. The van der Waals surface area contributed by atoms with Gasteiger partial charge >= 0.3 is 0 Å². The van der Waals surface area contributed by atoms with E-state index in [4.69, 9.17) is 5.73 Å². The molecule has 0 spiro atoms. The van der Waals surface area contributed by atoms with Gasteiger partial charge < -0.3 is 5.73 Å². The number of nitrogens with zero attached hydrogens (tertiary/aromatic N) is 3. The van der Waals surface area contributed by atoms with Crippen LogP contribution < -0.4 is 5.73 Å². The molecular formula is C9H7IN4O2. The van der Waals surface area contributed by atoms with Gasteiger partial charge in [0, 0.05) is 6.07 Å². The SMILES string of the molecule is Nc1c(I)cnn1-c1ccccc1[N+](=O)[O-]. The van der Waals surface area contributed by atoms with E-state index in [1.807, 2.05) is 22.6 Å². The smallest absolute Gasteiger partial charge is 0.294 e. The molecule has 0 aliphatic heterocycles. The van der Waals surface area contributed by atoms with Crippen molar-refractivity contribution in [1.82, 2.24) is 9.78 Å². The van der Waals surface area contributed by atoms with Crippen molar-refractivity contribution in [3.63, 3.8) is 0 Å². The molecule has 16 heavy (non-hydrogen) atoms. The summed E-state index contributed by atoms with van der Waals surface area (Å²) in [6.07, 6.45) is 1.56. The fourth-order valence-corrected chi connectivity index (χ4v) is 1.68. The Morgan fingerprint density at radius 3 is 2.69 bits per heavy atom. The van der Waals surface area contributed by atoms with Gasteiger partial charge in [0.1, 0.15) is 11.5 Å². The fourth-order valence-electron chi connectivity index (χ4n) is 1.33. The summed E-state index contributed by atoms with van der Waals surface area (Å²) < 4.78 is 2.12. The Bertz CT molecular complexity index is 552. The maximum absolute atomic E-state index is 10.8. The molecule has 0 aliphatic carbocycles. The van der Waals surface area contributed by atoms with Gasteiger partial charge in [0.15, 0.2) is 0 Å². The number of halogens is 1. The fraction of sp³-hybridized carbons (Fsp3) is 0. The zero-order valence-electron chi connectivity index (χ0n) is 8.00. The van der Waals surface area contributed by atoms with Crippen LogP contribution in [0.15, 0.2) is 30.5 Å². The third-order valence-corrected chi connectivity index (χ3v) is 2.90. The zero-order chi connectivity index (χ0) is 11.7. The number of benzene rings is 1. The Kier molecular flexibility index (Phi) is 2.77. The molecule has 1 aromatic heterocycles. The molecule has 0 saturated heterocycles. The summed E-state index contributed by atoms with van der Waals surface area (Å²) in [5.74, 6) is 0.398. The number of nitrogen functional groups attached to an aromatic ring is 1. The van der Waals surface area contributed by atoms with Gasteiger partial charge in [-0.15, -0.1) is 0 Å². The minimum Gasteiger partial charge on any atom is -0.383 e. The minimum absolute atomic E-state index is 0.0197. The van der Waals surface area contributed by atoms with E-state index in [2.05, 4.69) is 5.10 Å². The molecule has 82 valence electrons. The van der Waals surface area contributed by atoms with Crippen LogP contribution in [-0.2, 0) is 0 Å². The first kappa shape index (κ1) is 10.9. The number of para-hydroxylation sites is 2. The lowest BCUT2D eigenvalue weighted by Gasteiger charge is -2.04. The van der Waals surface area contributed by atoms with Crippen LogP contribution in [0.5, 0.6) is 0 Å². The van der Waals surface area contributed by atoms with Crippen LogP contribution in [0.25, 0.3) is 5.69 Å². The van der Waals surface area contributed by atoms with Gasteiger partial charge in [-0.2, -0.15) is 5.10 Å². The van der Waals surface area contributed by atoms with Crippen LogP contribution >= 0.6 is 22.6 Å². The molecular weight excluding hydrogens is 323 g/mol. The highest BCUT2D eigenvalue weighted by atomic mass is 127. The van der Waals surface area contributed by atoms with E-state index in [0.29, 0.717) is 11.5 Å². The second-order valence-corrected chi connectivity index (χ2v) is 4.20. The van der Waals surface area contributed by atoms with Gasteiger partial charge in [-0.1, -0.05) is 12.1 Å². The van der Waals surface area contributed by atoms with Crippen molar-refractivity contribution in [3.05, 3.63) is 44.1 Å². The first-order chi connectivity index (χ1) is 7.61. The zero-order valence-corrected chi connectivity index (χ0v) is 10.2. The molecule has 1 heterocycles. The summed E-state index contributed by atoms with van der Waals surface area (Å²) in [5.41, 5.74) is 6.12. The van der Waals surface area contributed by atoms with Crippen LogP contribution in [0.4, 0.5) is 11.5 Å². The second-order valence-electron chi connectivity index (χ2n) is 3.04. The third-order valence-electron chi connectivity index (χ3n) is 2.07. The number of hydrogen-bond donors (Lipinski definition) is 1. The van der Waals surface area contributed by atoms with Crippen LogP contribution in [0.2, 0.25) is 0 Å². The van der Waals surface area contributed by atoms with Crippen molar-refractivity contribution in [2.45, 2.75) is 0 Å². The number of nitrogens with two attached hydrogens (primary N) is 1. The molecule has 2 aromatic rings. The van der Waals surface area contributed by atoms with Crippen molar-refractivity contribution in [2.75, 3.05) is 5.73 Å². The lowest BCUT2D eigenvalue weighted by Crippen LogP contribution is -2.05. The van der Waals surface area contributed by atoms with Gasteiger partial charge in [-0.3, -0.25) is 10.1 Å². The van der Waals surface area contributed by atoms with E-state index in [-0.39, 0.29) is 5.69 Å². The Morgan fingerprint density at radius 1 is 1.44 bits per heavy atom. The van der Waals surface area contributed by atoms with E-state index in [1.165, 1.54) is 10.7 Å². The molecule has 0 fully saturated rings. The molecule has 0 atom stereocenters. The minimum atomic E-state index is -0.455. The van der Waals surface area contributed by atoms with Crippen molar-refractivity contribution in [2.24, 2.45) is 0 Å². The van der Waals surface area contributed by atoms with Crippen molar-refractivity contribution >= 4 is 34.1 Å². The van der Waals surface area contributed by atoms with Crippen LogP contribution in [0.3, 0.4) is 0 Å². The molecule has 2 N–H and O–H groups in total. The van der Waals surface area contributed by atoms with Crippen molar-refractivity contribution in [1.29, 1.82) is 0 Å². The van der Waals surface area contributed by atoms with Gasteiger partial charge in [0.25, 0.3) is 5.69 Å². The first-order valence-electron chi connectivity index (χ1n) is 4.34. The molecule has 0 aliphatic rings. The molecule has 0 saturated carbocycles. The molecule has 0 bridgehead atoms. The molecule has 0 unspecified atom stereocenters. The summed E-state index contributed by atoms with van der Waals surface area (Å²) in [7, 11) is 0. The molecule has 0 radical (unpaired) electrons. The van der Waals surface area contributed by atoms with Gasteiger partial charge in [-0.05, 0) is 28.7 Å². The largest absolute Gasteiger partial charge is 0.383 e. The van der Waals surface area contributed by atoms with E-state index in [1.54, 1.807) is 24.4 Å². The lowest BCUT2D eigenvalue weighted by atomic mass is 10.3. The average Bonchev–Trinajstić information content (AvgIpc) is 2.60. The summed E-state index contributed by atoms with van der Waals surface area (Å²) in [6, 6.07) is 6.34. The van der Waals surface area contributed by atoms with Gasteiger partial charge in [0.2, 0.25) is 0 Å². The van der Waals surface area contributed by atoms with Crippen LogP contribution in [0, 0.1) is 13.7 Å². The molecule has 6 nitrogen and oxygen atoms in total. The van der Waals surface area contributed by atoms with Gasteiger partial charge in [0.05, 0.1) is 14.7 Å². The number of anilines is 1. The standard InChI is InChI=1S/C9H7IN4O2/c10-6-5-12-13(9(6)11)7-3-1-2-4-8(7)14(15)16/h1-5H,11H2. The van der Waals surface area contributed by atoms with E-state index in [9.17, 15) is 10.1 Å². The highest BCUT2D eigenvalue weighted by Crippen LogP contribution is 2.25. The Labute approximate surface area is 104 Å². The predicted octanol–water partition coefficient (Wildman–Crippen LogP) is 1.97. The topological polar surface area (TPSA) is 87.0 Å². The normalized spacial score (nSPS) is 10.3. The van der Waals surface area contributed by atoms with Gasteiger partial charge in [-0.25, -0.2) is 4.68 Å². The van der Waals surface area contributed by atoms with Crippen molar-refractivity contribution < 1.29 is 4.92 Å². The number of aromatic nitrogens is 2. The van der Waals surface area contributed by atoms with E-state index < -0.39 is 4.92 Å². The molecule has 1 aromatic carbocycles. The second kappa shape index (κ2) is 4.08. The molecule has 2 rings (SSSR count). The number of nitro groups is 1. The molecule has 7 heteroatoms. The van der Waals surface area contributed by atoms with E-state index >= 15 is 0 Å². The summed E-state index contributed by atoms with van der Waals surface area (Å²) >= 11 is 2.02. The Hall–Kier alpha value is -1.64. The maximum atomic E-state index is 10.8.